The lowest BCUT2D eigenvalue weighted by Gasteiger charge is -2.29. The summed E-state index contributed by atoms with van der Waals surface area (Å²) < 4.78 is 13.5. The molecule has 1 aliphatic heterocycles. The molecule has 3 rings (SSSR count). The van der Waals surface area contributed by atoms with Crippen LogP contribution in [0.1, 0.15) is 11.1 Å². The van der Waals surface area contributed by atoms with Crippen molar-refractivity contribution in [3.63, 3.8) is 0 Å². The molecular weight excluding hydrogens is 331 g/mol. The maximum absolute atomic E-state index is 13.5. The van der Waals surface area contributed by atoms with E-state index in [1.165, 1.54) is 22.7 Å². The summed E-state index contributed by atoms with van der Waals surface area (Å²) in [4.78, 5) is 14.8. The van der Waals surface area contributed by atoms with Crippen LogP contribution in [0.2, 0.25) is 0 Å². The average Bonchev–Trinajstić information content (AvgIpc) is 2.66. The Labute approximate surface area is 153 Å². The van der Waals surface area contributed by atoms with Crippen molar-refractivity contribution < 1.29 is 19.0 Å². The van der Waals surface area contributed by atoms with Crippen LogP contribution in [0.5, 0.6) is 0 Å². The molecular formula is C20H25FN4O+2. The smallest absolute Gasteiger partial charge is 0.295 e. The van der Waals surface area contributed by atoms with Gasteiger partial charge in [-0.25, -0.2) is 9.82 Å². The van der Waals surface area contributed by atoms with Crippen molar-refractivity contribution in [3.05, 3.63) is 71.5 Å². The standard InChI is InChI=1S/C20H23FN4O/c21-19-9-5-4-8-18(19)14-22-23-20(26)16-25-12-10-24(11-13-25)15-17-6-2-1-3-7-17/h1-9,14H,10-13,15-16H2,(H,23,26)/p+2/b22-14-. The average molecular weight is 356 g/mol. The van der Waals surface area contributed by atoms with Crippen molar-refractivity contribution in [3.8, 4) is 0 Å². The van der Waals surface area contributed by atoms with E-state index in [0.717, 1.165) is 32.7 Å². The Bertz CT molecular complexity index is 742. The minimum Gasteiger partial charge on any atom is -0.322 e. The number of hydrazone groups is 1. The first-order valence-corrected chi connectivity index (χ1v) is 8.98. The molecule has 3 N–H and O–H groups in total. The molecule has 1 saturated heterocycles. The number of nitrogens with one attached hydrogen (secondary N) is 3. The van der Waals surface area contributed by atoms with E-state index in [-0.39, 0.29) is 11.7 Å². The third kappa shape index (κ3) is 5.47. The molecule has 0 spiro atoms. The first-order chi connectivity index (χ1) is 12.7. The maximum Gasteiger partial charge on any atom is 0.295 e. The van der Waals surface area contributed by atoms with E-state index in [9.17, 15) is 9.18 Å². The number of hydrogen-bond donors (Lipinski definition) is 3. The fraction of sp³-hybridized carbons (Fsp3) is 0.300. The highest BCUT2D eigenvalue weighted by Crippen LogP contribution is 2.02. The van der Waals surface area contributed by atoms with Gasteiger partial charge >= 0.3 is 0 Å². The molecule has 0 aliphatic carbocycles. The number of nitrogens with zero attached hydrogens (tertiary/aromatic N) is 1. The van der Waals surface area contributed by atoms with Crippen molar-refractivity contribution in [2.24, 2.45) is 5.10 Å². The summed E-state index contributed by atoms with van der Waals surface area (Å²) in [7, 11) is 0. The Kier molecular flexibility index (Phi) is 6.46. The summed E-state index contributed by atoms with van der Waals surface area (Å²) in [6.07, 6.45) is 1.34. The second-order valence-electron chi connectivity index (χ2n) is 6.65. The monoisotopic (exact) mass is 356 g/mol. The molecule has 0 saturated carbocycles. The van der Waals surface area contributed by atoms with Crippen molar-refractivity contribution in [1.29, 1.82) is 0 Å². The highest BCUT2D eigenvalue weighted by atomic mass is 19.1. The van der Waals surface area contributed by atoms with Gasteiger partial charge in [0.25, 0.3) is 5.91 Å². The zero-order valence-electron chi connectivity index (χ0n) is 14.7. The number of halogens is 1. The molecule has 1 amide bonds. The van der Waals surface area contributed by atoms with Crippen LogP contribution in [0.25, 0.3) is 0 Å². The van der Waals surface area contributed by atoms with Gasteiger partial charge in [0.1, 0.15) is 38.5 Å². The highest BCUT2D eigenvalue weighted by Gasteiger charge is 2.24. The lowest BCUT2D eigenvalue weighted by molar-refractivity contribution is -1.02. The molecule has 0 aromatic heterocycles. The largest absolute Gasteiger partial charge is 0.322 e. The van der Waals surface area contributed by atoms with Crippen LogP contribution in [0.15, 0.2) is 59.7 Å². The fourth-order valence-electron chi connectivity index (χ4n) is 3.22. The fourth-order valence-corrected chi connectivity index (χ4v) is 3.22. The zero-order chi connectivity index (χ0) is 18.2. The summed E-state index contributed by atoms with van der Waals surface area (Å²) in [5.74, 6) is -0.493. The number of benzene rings is 2. The number of hydrogen-bond acceptors (Lipinski definition) is 2. The van der Waals surface area contributed by atoms with Gasteiger partial charge in [-0.2, -0.15) is 5.10 Å². The molecule has 6 heteroatoms. The van der Waals surface area contributed by atoms with Gasteiger partial charge in [0.2, 0.25) is 0 Å². The first kappa shape index (κ1) is 18.2. The molecule has 2 aromatic rings. The van der Waals surface area contributed by atoms with Crippen LogP contribution in [0.3, 0.4) is 0 Å². The highest BCUT2D eigenvalue weighted by molar-refractivity contribution is 5.82. The van der Waals surface area contributed by atoms with Crippen molar-refractivity contribution in [1.82, 2.24) is 5.43 Å². The molecule has 1 heterocycles. The number of amides is 1. The Morgan fingerprint density at radius 2 is 1.65 bits per heavy atom. The quantitative estimate of drug-likeness (QED) is 0.464. The van der Waals surface area contributed by atoms with Gasteiger partial charge < -0.3 is 9.80 Å². The Balaban J connectivity index is 1.39. The molecule has 5 nitrogen and oxygen atoms in total. The topological polar surface area (TPSA) is 50.3 Å². The van der Waals surface area contributed by atoms with E-state index >= 15 is 0 Å². The van der Waals surface area contributed by atoms with Crippen LogP contribution >= 0.6 is 0 Å². The van der Waals surface area contributed by atoms with E-state index in [0.29, 0.717) is 12.1 Å². The van der Waals surface area contributed by atoms with Crippen LogP contribution < -0.4 is 15.2 Å². The molecule has 0 atom stereocenters. The Hall–Kier alpha value is -2.57. The van der Waals surface area contributed by atoms with Crippen LogP contribution in [0.4, 0.5) is 4.39 Å². The predicted octanol–water partition coefficient (Wildman–Crippen LogP) is -0.741. The van der Waals surface area contributed by atoms with Gasteiger partial charge in [-0.3, -0.25) is 4.79 Å². The normalized spacial score (nSPS) is 20.2. The molecule has 0 bridgehead atoms. The number of rotatable bonds is 6. The Morgan fingerprint density at radius 1 is 1.00 bits per heavy atom. The lowest BCUT2D eigenvalue weighted by Crippen LogP contribution is -3.28. The summed E-state index contributed by atoms with van der Waals surface area (Å²) in [6, 6.07) is 16.8. The first-order valence-electron chi connectivity index (χ1n) is 8.98. The van der Waals surface area contributed by atoms with E-state index in [1.54, 1.807) is 23.1 Å². The number of piperazine rings is 1. The third-order valence-electron chi connectivity index (χ3n) is 4.67. The SMILES string of the molecule is O=C(C[NH+]1CC[NH+](Cc2ccccc2)CC1)N/N=C\c1ccccc1F. The van der Waals surface area contributed by atoms with Crippen molar-refractivity contribution >= 4 is 12.1 Å². The van der Waals surface area contributed by atoms with Crippen LogP contribution in [-0.4, -0.2) is 44.8 Å². The number of carbonyl (C=O) groups is 1. The second kappa shape index (κ2) is 9.22. The summed E-state index contributed by atoms with van der Waals surface area (Å²) in [5, 5.41) is 3.86. The lowest BCUT2D eigenvalue weighted by atomic mass is 10.2. The Morgan fingerprint density at radius 3 is 2.38 bits per heavy atom. The molecule has 136 valence electrons. The van der Waals surface area contributed by atoms with E-state index in [2.05, 4.69) is 34.8 Å². The minimum absolute atomic E-state index is 0.140. The van der Waals surface area contributed by atoms with Crippen molar-refractivity contribution in [2.75, 3.05) is 32.7 Å². The maximum atomic E-state index is 13.5. The van der Waals surface area contributed by atoms with Gasteiger partial charge in [0.05, 0.1) is 6.21 Å². The number of carbonyl (C=O) groups excluding carboxylic acids is 1. The summed E-state index contributed by atoms with van der Waals surface area (Å²) >= 11 is 0. The molecule has 1 fully saturated rings. The minimum atomic E-state index is -0.353. The van der Waals surface area contributed by atoms with Gasteiger partial charge in [-0.1, -0.05) is 48.5 Å². The second-order valence-corrected chi connectivity index (χ2v) is 6.65. The third-order valence-corrected chi connectivity index (χ3v) is 4.67. The van der Waals surface area contributed by atoms with Crippen molar-refractivity contribution in [2.45, 2.75) is 6.54 Å². The van der Waals surface area contributed by atoms with E-state index in [4.69, 9.17) is 0 Å². The predicted molar refractivity (Wildman–Crippen MR) is 98.5 cm³/mol. The van der Waals surface area contributed by atoms with E-state index < -0.39 is 0 Å². The van der Waals surface area contributed by atoms with Gasteiger partial charge in [0.15, 0.2) is 6.54 Å². The molecule has 0 radical (unpaired) electrons. The van der Waals surface area contributed by atoms with Crippen LogP contribution in [-0.2, 0) is 11.3 Å². The molecule has 0 unspecified atom stereocenters. The summed E-state index contributed by atoms with van der Waals surface area (Å²) in [6.45, 7) is 5.46. The zero-order valence-corrected chi connectivity index (χ0v) is 14.7. The van der Waals surface area contributed by atoms with Gasteiger partial charge in [-0.05, 0) is 6.07 Å². The van der Waals surface area contributed by atoms with Gasteiger partial charge in [-0.15, -0.1) is 0 Å². The molecule has 1 aliphatic rings. The summed E-state index contributed by atoms with van der Waals surface area (Å²) in [5.41, 5.74) is 4.21. The molecule has 26 heavy (non-hydrogen) atoms. The van der Waals surface area contributed by atoms with Gasteiger partial charge in [0, 0.05) is 11.1 Å². The number of quaternary nitrogens is 2. The molecule has 2 aromatic carbocycles. The van der Waals surface area contributed by atoms with E-state index in [1.807, 2.05) is 6.07 Å². The van der Waals surface area contributed by atoms with Crippen LogP contribution in [0, 0.1) is 5.82 Å².